The van der Waals surface area contributed by atoms with Crippen LogP contribution in [0.2, 0.25) is 0 Å². The van der Waals surface area contributed by atoms with E-state index in [2.05, 4.69) is 13.8 Å². The van der Waals surface area contributed by atoms with Gasteiger partial charge in [-0.1, -0.05) is 13.8 Å². The monoisotopic (exact) mass is 239 g/mol. The van der Waals surface area contributed by atoms with Crippen LogP contribution in [-0.4, -0.2) is 34.5 Å². The SMILES string of the molecule is CC1(C)CC(=O)[C@@H]2[C@H](C1)N2C(=O)OC(C)(C)C. The highest BCUT2D eigenvalue weighted by Crippen LogP contribution is 2.46. The van der Waals surface area contributed by atoms with Crippen molar-refractivity contribution in [3.05, 3.63) is 0 Å². The number of fused-ring (bicyclic) bond motifs is 1. The van der Waals surface area contributed by atoms with Crippen molar-refractivity contribution >= 4 is 11.9 Å². The molecule has 4 heteroatoms. The molecule has 1 saturated carbocycles. The fourth-order valence-corrected chi connectivity index (χ4v) is 2.64. The number of carbonyl (C=O) groups is 2. The largest absolute Gasteiger partial charge is 0.444 e. The summed E-state index contributed by atoms with van der Waals surface area (Å²) >= 11 is 0. The average molecular weight is 239 g/mol. The van der Waals surface area contributed by atoms with Crippen LogP contribution in [0.15, 0.2) is 0 Å². The second-order valence-electron chi connectivity index (χ2n) is 6.91. The van der Waals surface area contributed by atoms with Gasteiger partial charge in [-0.15, -0.1) is 0 Å². The van der Waals surface area contributed by atoms with Gasteiger partial charge >= 0.3 is 6.09 Å². The van der Waals surface area contributed by atoms with Crippen LogP contribution >= 0.6 is 0 Å². The molecule has 2 aliphatic rings. The normalized spacial score (nSPS) is 30.9. The van der Waals surface area contributed by atoms with E-state index >= 15 is 0 Å². The number of amides is 1. The van der Waals surface area contributed by atoms with Crippen LogP contribution in [0.3, 0.4) is 0 Å². The number of nitrogens with zero attached hydrogens (tertiary/aromatic N) is 1. The van der Waals surface area contributed by atoms with E-state index in [0.717, 1.165) is 6.42 Å². The average Bonchev–Trinajstić information content (AvgIpc) is 2.72. The van der Waals surface area contributed by atoms with E-state index in [-0.39, 0.29) is 29.4 Å². The molecule has 0 unspecified atom stereocenters. The molecule has 0 spiro atoms. The Morgan fingerprint density at radius 1 is 1.41 bits per heavy atom. The number of hydrogen-bond donors (Lipinski definition) is 0. The summed E-state index contributed by atoms with van der Waals surface area (Å²) in [5.74, 6) is 0.178. The number of rotatable bonds is 0. The van der Waals surface area contributed by atoms with Crippen molar-refractivity contribution in [1.29, 1.82) is 0 Å². The van der Waals surface area contributed by atoms with E-state index in [1.165, 1.54) is 0 Å². The Labute approximate surface area is 102 Å². The van der Waals surface area contributed by atoms with E-state index in [9.17, 15) is 9.59 Å². The number of hydrogen-bond acceptors (Lipinski definition) is 3. The van der Waals surface area contributed by atoms with Crippen LogP contribution in [0.4, 0.5) is 4.79 Å². The summed E-state index contributed by atoms with van der Waals surface area (Å²) in [5.41, 5.74) is -0.490. The van der Waals surface area contributed by atoms with Gasteiger partial charge in [-0.3, -0.25) is 9.69 Å². The maximum atomic E-state index is 11.9. The zero-order valence-electron chi connectivity index (χ0n) is 11.2. The standard InChI is InChI=1S/C13H21NO3/c1-12(2,3)17-11(16)14-8-6-13(4,5)7-9(15)10(8)14/h8,10H,6-7H2,1-5H3/t8-,10-,14?/m0/s1. The third kappa shape index (κ3) is 2.45. The van der Waals surface area contributed by atoms with Gasteiger partial charge in [-0.2, -0.15) is 0 Å². The van der Waals surface area contributed by atoms with Crippen LogP contribution in [0, 0.1) is 5.41 Å². The second-order valence-corrected chi connectivity index (χ2v) is 6.91. The lowest BCUT2D eigenvalue weighted by Gasteiger charge is -2.25. The third-order valence-corrected chi connectivity index (χ3v) is 3.28. The lowest BCUT2D eigenvalue weighted by molar-refractivity contribution is -0.122. The molecule has 0 radical (unpaired) electrons. The van der Waals surface area contributed by atoms with Crippen molar-refractivity contribution in [2.24, 2.45) is 5.41 Å². The first kappa shape index (κ1) is 12.4. The van der Waals surface area contributed by atoms with Crippen LogP contribution in [0.5, 0.6) is 0 Å². The zero-order chi connectivity index (χ0) is 13.0. The first-order chi connectivity index (χ1) is 7.61. The third-order valence-electron chi connectivity index (χ3n) is 3.28. The second kappa shape index (κ2) is 3.47. The van der Waals surface area contributed by atoms with Gasteiger partial charge in [0.15, 0.2) is 5.78 Å². The minimum absolute atomic E-state index is 0.00894. The molecular weight excluding hydrogens is 218 g/mol. The van der Waals surface area contributed by atoms with Gasteiger partial charge < -0.3 is 4.74 Å². The van der Waals surface area contributed by atoms with Crippen molar-refractivity contribution in [2.75, 3.05) is 0 Å². The Balaban J connectivity index is 2.03. The van der Waals surface area contributed by atoms with E-state index in [1.807, 2.05) is 20.8 Å². The van der Waals surface area contributed by atoms with E-state index in [0.29, 0.717) is 6.42 Å². The van der Waals surface area contributed by atoms with Crippen molar-refractivity contribution < 1.29 is 14.3 Å². The smallest absolute Gasteiger partial charge is 0.411 e. The molecule has 1 saturated heterocycles. The summed E-state index contributed by atoms with van der Waals surface area (Å²) in [6.45, 7) is 9.66. The van der Waals surface area contributed by atoms with E-state index in [1.54, 1.807) is 4.90 Å². The Bertz CT molecular complexity index is 367. The summed E-state index contributed by atoms with van der Waals surface area (Å²) in [6.07, 6.45) is 1.11. The number of ketones is 1. The summed E-state index contributed by atoms with van der Waals surface area (Å²) in [5, 5.41) is 0. The Kier molecular flexibility index (Phi) is 2.53. The molecule has 96 valence electrons. The highest BCUT2D eigenvalue weighted by Gasteiger charge is 2.61. The first-order valence-electron chi connectivity index (χ1n) is 6.15. The van der Waals surface area contributed by atoms with Crippen LogP contribution in [-0.2, 0) is 9.53 Å². The Morgan fingerprint density at radius 3 is 2.53 bits per heavy atom. The summed E-state index contributed by atoms with van der Waals surface area (Å²) in [4.78, 5) is 25.4. The highest BCUT2D eigenvalue weighted by atomic mass is 16.6. The van der Waals surface area contributed by atoms with Crippen LogP contribution < -0.4 is 0 Å². The van der Waals surface area contributed by atoms with Crippen molar-refractivity contribution in [1.82, 2.24) is 4.90 Å². The molecule has 17 heavy (non-hydrogen) atoms. The molecule has 1 amide bonds. The van der Waals surface area contributed by atoms with Gasteiger partial charge in [0.05, 0.1) is 6.04 Å². The van der Waals surface area contributed by atoms with Crippen LogP contribution in [0.1, 0.15) is 47.5 Å². The first-order valence-corrected chi connectivity index (χ1v) is 6.15. The molecule has 1 aliphatic heterocycles. The molecule has 0 aromatic carbocycles. The maximum absolute atomic E-state index is 11.9. The van der Waals surface area contributed by atoms with E-state index < -0.39 is 5.60 Å². The Hall–Kier alpha value is -1.06. The molecule has 0 N–H and O–H groups in total. The summed E-state index contributed by atoms with van der Waals surface area (Å²) in [7, 11) is 0. The van der Waals surface area contributed by atoms with E-state index in [4.69, 9.17) is 4.74 Å². The van der Waals surface area contributed by atoms with Gasteiger partial charge in [0.25, 0.3) is 0 Å². The van der Waals surface area contributed by atoms with Gasteiger partial charge in [0.2, 0.25) is 0 Å². The molecule has 2 fully saturated rings. The molecule has 0 aromatic heterocycles. The fraction of sp³-hybridized carbons (Fsp3) is 0.846. The number of ether oxygens (including phenoxy) is 1. The summed E-state index contributed by atoms with van der Waals surface area (Å²) in [6, 6.07) is -0.140. The van der Waals surface area contributed by atoms with Crippen LogP contribution in [0.25, 0.3) is 0 Å². The predicted octanol–water partition coefficient (Wildman–Crippen LogP) is 2.36. The molecule has 4 nitrogen and oxygen atoms in total. The molecule has 1 aliphatic carbocycles. The number of carbonyl (C=O) groups excluding carboxylic acids is 2. The van der Waals surface area contributed by atoms with Gasteiger partial charge in [0.1, 0.15) is 11.6 Å². The lowest BCUT2D eigenvalue weighted by Crippen LogP contribution is -2.29. The van der Waals surface area contributed by atoms with Crippen molar-refractivity contribution in [3.63, 3.8) is 0 Å². The number of likely N-dealkylation sites (tertiary alicyclic amines) is 1. The molecule has 2 atom stereocenters. The lowest BCUT2D eigenvalue weighted by atomic mass is 9.77. The molecular formula is C13H21NO3. The minimum Gasteiger partial charge on any atom is -0.444 e. The highest BCUT2D eigenvalue weighted by molar-refractivity contribution is 5.94. The summed E-state index contributed by atoms with van der Waals surface area (Å²) < 4.78 is 5.30. The molecule has 2 rings (SSSR count). The molecule has 0 aromatic rings. The number of Topliss-reactive ketones (excluding diaryl/α,β-unsaturated/α-hetero) is 1. The van der Waals surface area contributed by atoms with Gasteiger partial charge in [-0.05, 0) is 32.6 Å². The Morgan fingerprint density at radius 2 is 2.00 bits per heavy atom. The van der Waals surface area contributed by atoms with Gasteiger partial charge in [0, 0.05) is 6.42 Å². The zero-order valence-corrected chi connectivity index (χ0v) is 11.2. The van der Waals surface area contributed by atoms with Gasteiger partial charge in [-0.25, -0.2) is 4.79 Å². The quantitative estimate of drug-likeness (QED) is 0.610. The fourth-order valence-electron chi connectivity index (χ4n) is 2.64. The van der Waals surface area contributed by atoms with Crippen molar-refractivity contribution in [2.45, 2.75) is 65.1 Å². The minimum atomic E-state index is -0.499. The molecule has 1 heterocycles. The predicted molar refractivity (Wildman–Crippen MR) is 63.7 cm³/mol. The van der Waals surface area contributed by atoms with Crippen molar-refractivity contribution in [3.8, 4) is 0 Å². The molecule has 0 bridgehead atoms. The maximum Gasteiger partial charge on any atom is 0.411 e. The topological polar surface area (TPSA) is 46.4 Å².